The van der Waals surface area contributed by atoms with Crippen LogP contribution in [0.2, 0.25) is 0 Å². The van der Waals surface area contributed by atoms with E-state index >= 15 is 0 Å². The molecule has 9 heteroatoms. The van der Waals surface area contributed by atoms with Gasteiger partial charge in [-0.25, -0.2) is 0 Å². The van der Waals surface area contributed by atoms with Gasteiger partial charge in [-0.1, -0.05) is 17.2 Å². The number of aryl methyl sites for hydroxylation is 2. The first-order chi connectivity index (χ1) is 14.6. The van der Waals surface area contributed by atoms with Gasteiger partial charge in [-0.2, -0.15) is 0 Å². The maximum Gasteiger partial charge on any atom is 0.573 e. The number of hydrogen-bond acceptors (Lipinski definition) is 4. The van der Waals surface area contributed by atoms with Crippen molar-refractivity contribution < 1.29 is 27.5 Å². The number of nitrogens with zero attached hydrogens (tertiary/aromatic N) is 2. The van der Waals surface area contributed by atoms with Crippen molar-refractivity contribution in [2.45, 2.75) is 20.2 Å². The molecule has 0 bridgehead atoms. The Kier molecular flexibility index (Phi) is 6.84. The van der Waals surface area contributed by atoms with Gasteiger partial charge in [0.2, 0.25) is 5.91 Å². The topological polar surface area (TPSA) is 61.9 Å². The van der Waals surface area contributed by atoms with Crippen LogP contribution in [-0.2, 0) is 4.79 Å². The summed E-state index contributed by atoms with van der Waals surface area (Å²) in [6, 6.07) is 10.7. The van der Waals surface area contributed by atoms with Gasteiger partial charge in [0.1, 0.15) is 5.75 Å². The molecule has 0 aliphatic carbocycles. The number of hydrogen-bond donors (Lipinski definition) is 1. The van der Waals surface area contributed by atoms with E-state index in [1.807, 2.05) is 36.9 Å². The number of amides is 2. The minimum absolute atomic E-state index is 0.0166. The Hall–Kier alpha value is -3.07. The molecule has 0 unspecified atom stereocenters. The number of carbonyl (C=O) groups excluding carboxylic acids is 2. The zero-order valence-electron chi connectivity index (χ0n) is 17.3. The first-order valence-corrected chi connectivity index (χ1v) is 9.85. The highest BCUT2D eigenvalue weighted by atomic mass is 19.4. The monoisotopic (exact) mass is 435 g/mol. The smallest absolute Gasteiger partial charge is 0.406 e. The molecule has 1 aliphatic heterocycles. The van der Waals surface area contributed by atoms with Crippen LogP contribution >= 0.6 is 0 Å². The lowest BCUT2D eigenvalue weighted by Gasteiger charge is -2.34. The second-order valence-corrected chi connectivity index (χ2v) is 7.57. The number of halogens is 3. The normalized spacial score (nSPS) is 14.9. The highest BCUT2D eigenvalue weighted by molar-refractivity contribution is 5.95. The molecule has 3 rings (SSSR count). The number of alkyl halides is 3. The van der Waals surface area contributed by atoms with Crippen LogP contribution in [0.15, 0.2) is 42.5 Å². The lowest BCUT2D eigenvalue weighted by atomic mass is 10.1. The van der Waals surface area contributed by atoms with Crippen LogP contribution in [0.3, 0.4) is 0 Å². The second-order valence-electron chi connectivity index (χ2n) is 7.57. The summed E-state index contributed by atoms with van der Waals surface area (Å²) >= 11 is 0. The molecule has 0 atom stereocenters. The van der Waals surface area contributed by atoms with Gasteiger partial charge in [-0.3, -0.25) is 14.5 Å². The van der Waals surface area contributed by atoms with Crippen molar-refractivity contribution in [3.05, 3.63) is 59.2 Å². The summed E-state index contributed by atoms with van der Waals surface area (Å²) in [4.78, 5) is 28.7. The number of benzene rings is 2. The lowest BCUT2D eigenvalue weighted by molar-refractivity contribution is -0.274. The molecule has 1 heterocycles. The molecule has 166 valence electrons. The van der Waals surface area contributed by atoms with Gasteiger partial charge in [-0.15, -0.1) is 13.2 Å². The summed E-state index contributed by atoms with van der Waals surface area (Å²) in [5.74, 6) is -0.647. The summed E-state index contributed by atoms with van der Waals surface area (Å²) in [5.41, 5.74) is 3.12. The van der Waals surface area contributed by atoms with Gasteiger partial charge in [-0.05, 0) is 50.2 Å². The lowest BCUT2D eigenvalue weighted by Crippen LogP contribution is -2.50. The molecule has 1 saturated heterocycles. The maximum atomic E-state index is 12.7. The van der Waals surface area contributed by atoms with Gasteiger partial charge >= 0.3 is 6.36 Å². The summed E-state index contributed by atoms with van der Waals surface area (Å²) < 4.78 is 40.4. The predicted octanol–water partition coefficient (Wildman–Crippen LogP) is 3.60. The summed E-state index contributed by atoms with van der Waals surface area (Å²) in [7, 11) is 0. The summed E-state index contributed by atoms with van der Waals surface area (Å²) in [6.45, 7) is 6.19. The van der Waals surface area contributed by atoms with Crippen LogP contribution < -0.4 is 10.1 Å². The summed E-state index contributed by atoms with van der Waals surface area (Å²) in [5, 5.41) is 2.65. The zero-order valence-corrected chi connectivity index (χ0v) is 17.3. The van der Waals surface area contributed by atoms with Crippen LogP contribution in [0.5, 0.6) is 5.75 Å². The molecule has 1 fully saturated rings. The molecule has 2 aromatic rings. The quantitative estimate of drug-likeness (QED) is 0.780. The highest BCUT2D eigenvalue weighted by Crippen LogP contribution is 2.24. The number of ether oxygens (including phenoxy) is 1. The first kappa shape index (κ1) is 22.6. The van der Waals surface area contributed by atoms with E-state index in [2.05, 4.69) is 10.1 Å². The Labute approximate surface area is 178 Å². The second kappa shape index (κ2) is 9.38. The van der Waals surface area contributed by atoms with Crippen LogP contribution in [0.1, 0.15) is 21.5 Å². The van der Waals surface area contributed by atoms with E-state index in [-0.39, 0.29) is 24.1 Å². The molecule has 2 amide bonds. The molecular formula is C22H24F3N3O3. The molecule has 0 aromatic heterocycles. The van der Waals surface area contributed by atoms with Crippen LogP contribution in [-0.4, -0.2) is 60.7 Å². The molecular weight excluding hydrogens is 411 g/mol. The molecule has 6 nitrogen and oxygen atoms in total. The molecule has 0 saturated carbocycles. The molecule has 31 heavy (non-hydrogen) atoms. The van der Waals surface area contributed by atoms with Crippen molar-refractivity contribution in [3.63, 3.8) is 0 Å². The third-order valence-electron chi connectivity index (χ3n) is 4.87. The van der Waals surface area contributed by atoms with E-state index in [1.54, 1.807) is 4.90 Å². The number of rotatable bonds is 5. The van der Waals surface area contributed by atoms with Gasteiger partial charge in [0.05, 0.1) is 6.54 Å². The maximum absolute atomic E-state index is 12.7. The van der Waals surface area contributed by atoms with E-state index in [0.717, 1.165) is 23.3 Å². The number of nitrogens with one attached hydrogen (secondary N) is 1. The minimum atomic E-state index is -4.76. The van der Waals surface area contributed by atoms with E-state index in [4.69, 9.17) is 0 Å². The SMILES string of the molecule is Cc1cc(C)cc(C(=O)N2CCN(CC(=O)Nc3ccc(OC(F)(F)F)cc3)CC2)c1. The average molecular weight is 435 g/mol. The van der Waals surface area contributed by atoms with Crippen molar-refractivity contribution in [2.24, 2.45) is 0 Å². The fourth-order valence-corrected chi connectivity index (χ4v) is 3.53. The Bertz CT molecular complexity index is 917. The number of piperazine rings is 1. The van der Waals surface area contributed by atoms with Crippen molar-refractivity contribution >= 4 is 17.5 Å². The Balaban J connectivity index is 1.47. The number of carbonyl (C=O) groups is 2. The Morgan fingerprint density at radius 3 is 2.10 bits per heavy atom. The van der Waals surface area contributed by atoms with Crippen LogP contribution in [0, 0.1) is 13.8 Å². The Morgan fingerprint density at radius 1 is 0.968 bits per heavy atom. The van der Waals surface area contributed by atoms with Crippen molar-refractivity contribution in [1.29, 1.82) is 0 Å². The molecule has 0 spiro atoms. The number of anilines is 1. The van der Waals surface area contributed by atoms with Crippen molar-refractivity contribution in [2.75, 3.05) is 38.0 Å². The van der Waals surface area contributed by atoms with Gasteiger partial charge in [0.25, 0.3) is 5.91 Å². The fraction of sp³-hybridized carbons (Fsp3) is 0.364. The zero-order chi connectivity index (χ0) is 22.6. The van der Waals surface area contributed by atoms with Gasteiger partial charge < -0.3 is 15.0 Å². The van der Waals surface area contributed by atoms with Crippen LogP contribution in [0.4, 0.5) is 18.9 Å². The summed E-state index contributed by atoms with van der Waals surface area (Å²) in [6.07, 6.45) is -4.76. The van der Waals surface area contributed by atoms with Crippen LogP contribution in [0.25, 0.3) is 0 Å². The van der Waals surface area contributed by atoms with Gasteiger partial charge in [0.15, 0.2) is 0 Å². The highest BCUT2D eigenvalue weighted by Gasteiger charge is 2.31. The first-order valence-electron chi connectivity index (χ1n) is 9.85. The van der Waals surface area contributed by atoms with Crippen molar-refractivity contribution in [3.8, 4) is 5.75 Å². The Morgan fingerprint density at radius 2 is 1.55 bits per heavy atom. The van der Waals surface area contributed by atoms with Gasteiger partial charge in [0, 0.05) is 37.4 Å². The molecule has 1 aliphatic rings. The molecule has 2 aromatic carbocycles. The predicted molar refractivity (Wildman–Crippen MR) is 110 cm³/mol. The third kappa shape index (κ3) is 6.71. The third-order valence-corrected chi connectivity index (χ3v) is 4.87. The van der Waals surface area contributed by atoms with E-state index in [9.17, 15) is 22.8 Å². The van der Waals surface area contributed by atoms with E-state index in [1.165, 1.54) is 12.1 Å². The fourth-order valence-electron chi connectivity index (χ4n) is 3.53. The van der Waals surface area contributed by atoms with E-state index in [0.29, 0.717) is 37.4 Å². The van der Waals surface area contributed by atoms with E-state index < -0.39 is 6.36 Å². The largest absolute Gasteiger partial charge is 0.573 e. The average Bonchev–Trinajstić information content (AvgIpc) is 2.67. The standard InChI is InChI=1S/C22H24F3N3O3/c1-15-11-16(2)13-17(12-15)21(30)28-9-7-27(8-10-28)14-20(29)26-18-3-5-19(6-4-18)31-22(23,24)25/h3-6,11-13H,7-10,14H2,1-2H3,(H,26,29). The minimum Gasteiger partial charge on any atom is -0.406 e. The molecule has 1 N–H and O–H groups in total. The molecule has 0 radical (unpaired) electrons. The van der Waals surface area contributed by atoms with Crippen molar-refractivity contribution in [1.82, 2.24) is 9.80 Å².